The first kappa shape index (κ1) is 15.5. The molecule has 0 fully saturated rings. The Labute approximate surface area is 95.1 Å². The monoisotopic (exact) mass is 196 g/mol. The Morgan fingerprint density at radius 1 is 0.857 bits per heavy atom. The van der Waals surface area contributed by atoms with Crippen molar-refractivity contribution in [1.29, 1.82) is 0 Å². The van der Waals surface area contributed by atoms with E-state index in [0.717, 1.165) is 20.8 Å². The first-order valence-corrected chi connectivity index (χ1v) is 3.43. The molecule has 0 aliphatic heterocycles. The summed E-state index contributed by atoms with van der Waals surface area (Å²) >= 11 is 0. The third-order valence-electron chi connectivity index (χ3n) is 0.787. The summed E-state index contributed by atoms with van der Waals surface area (Å²) in [4.78, 5) is 31.2. The minimum atomic E-state index is -1.59. The predicted octanol–water partition coefficient (Wildman–Crippen LogP) is -3.22. The SMILES string of the molecule is CC(=O)OB(OC(C)=O)OC(C)=O.[H-].[Li+]. The number of hydrogen-bond donors (Lipinski definition) is 0. The second kappa shape index (κ2) is 7.47. The van der Waals surface area contributed by atoms with Crippen molar-refractivity contribution in [2.75, 3.05) is 0 Å². The van der Waals surface area contributed by atoms with Crippen LogP contribution in [-0.2, 0) is 28.3 Å². The van der Waals surface area contributed by atoms with Crippen LogP contribution in [-0.4, -0.2) is 25.2 Å². The number of hydrogen-bond acceptors (Lipinski definition) is 6. The number of carbonyl (C=O) groups excluding carboxylic acids is 3. The molecule has 0 aromatic carbocycles. The molecule has 0 N–H and O–H groups in total. The van der Waals surface area contributed by atoms with E-state index in [1.807, 2.05) is 0 Å². The van der Waals surface area contributed by atoms with Gasteiger partial charge in [0.2, 0.25) is 0 Å². The molecule has 6 nitrogen and oxygen atoms in total. The summed E-state index contributed by atoms with van der Waals surface area (Å²) in [5.74, 6) is -2.15. The van der Waals surface area contributed by atoms with Gasteiger partial charge in [-0.3, -0.25) is 14.4 Å². The van der Waals surface area contributed by atoms with Crippen LogP contribution in [0.25, 0.3) is 0 Å². The van der Waals surface area contributed by atoms with Gasteiger partial charge in [0.05, 0.1) is 0 Å². The molecule has 0 radical (unpaired) electrons. The fourth-order valence-corrected chi connectivity index (χ4v) is 0.479. The van der Waals surface area contributed by atoms with Crippen LogP contribution in [0.15, 0.2) is 0 Å². The Balaban J connectivity index is -0.000000720. The van der Waals surface area contributed by atoms with Crippen molar-refractivity contribution < 1.29 is 48.6 Å². The van der Waals surface area contributed by atoms with E-state index in [4.69, 9.17) is 0 Å². The van der Waals surface area contributed by atoms with Crippen molar-refractivity contribution in [3.05, 3.63) is 0 Å². The Morgan fingerprint density at radius 2 is 1.07 bits per heavy atom. The molecule has 0 rings (SSSR count). The van der Waals surface area contributed by atoms with Crippen molar-refractivity contribution in [3.8, 4) is 0 Å². The Kier molecular flexibility index (Phi) is 8.30. The zero-order chi connectivity index (χ0) is 10.4. The Bertz CT molecular complexity index is 198. The minimum absolute atomic E-state index is 0. The molecule has 0 saturated heterocycles. The maximum absolute atomic E-state index is 10.4. The topological polar surface area (TPSA) is 78.9 Å². The number of rotatable bonds is 3. The van der Waals surface area contributed by atoms with Crippen molar-refractivity contribution in [3.63, 3.8) is 0 Å². The van der Waals surface area contributed by atoms with E-state index in [9.17, 15) is 14.4 Å². The molecule has 0 saturated carbocycles. The van der Waals surface area contributed by atoms with Crippen LogP contribution in [0.2, 0.25) is 0 Å². The second-order valence-electron chi connectivity index (χ2n) is 2.12. The summed E-state index contributed by atoms with van der Waals surface area (Å²) in [5, 5.41) is 0. The maximum atomic E-state index is 10.4. The minimum Gasteiger partial charge on any atom is -1.00 e. The molecule has 14 heavy (non-hydrogen) atoms. The van der Waals surface area contributed by atoms with Crippen molar-refractivity contribution in [2.45, 2.75) is 20.8 Å². The summed E-state index contributed by atoms with van der Waals surface area (Å²) in [6, 6.07) is 0. The second-order valence-corrected chi connectivity index (χ2v) is 2.12. The molecule has 0 aromatic heterocycles. The molecule has 0 aliphatic carbocycles. The van der Waals surface area contributed by atoms with Crippen LogP contribution < -0.4 is 18.9 Å². The van der Waals surface area contributed by atoms with E-state index in [1.54, 1.807) is 0 Å². The molecule has 0 amide bonds. The van der Waals surface area contributed by atoms with Crippen LogP contribution in [0.4, 0.5) is 0 Å². The van der Waals surface area contributed by atoms with Crippen LogP contribution in [0.1, 0.15) is 22.2 Å². The Morgan fingerprint density at radius 3 is 1.21 bits per heavy atom. The third-order valence-corrected chi connectivity index (χ3v) is 0.787. The standard InChI is InChI=1S/C6H9BO6.Li.H/c1-4(8)11-7(12-5(2)9)13-6(3)10;;/h1-3H3;;/q;+1;-1. The van der Waals surface area contributed by atoms with E-state index in [1.165, 1.54) is 0 Å². The summed E-state index contributed by atoms with van der Waals surface area (Å²) < 4.78 is 13.0. The summed E-state index contributed by atoms with van der Waals surface area (Å²) in [6.45, 7) is 3.29. The smallest absolute Gasteiger partial charge is 1.00 e. The van der Waals surface area contributed by atoms with Crippen LogP contribution in [0, 0.1) is 0 Å². The fourth-order valence-electron chi connectivity index (χ4n) is 0.479. The molecule has 74 valence electrons. The normalized spacial score (nSPS) is 7.93. The van der Waals surface area contributed by atoms with Gasteiger partial charge in [-0.1, -0.05) is 0 Å². The van der Waals surface area contributed by atoms with Gasteiger partial charge in [0.1, 0.15) is 0 Å². The van der Waals surface area contributed by atoms with Crippen molar-refractivity contribution >= 4 is 25.2 Å². The summed E-state index contributed by atoms with van der Waals surface area (Å²) in [7, 11) is -1.59. The van der Waals surface area contributed by atoms with Gasteiger partial charge in [-0.25, -0.2) is 0 Å². The molecule has 8 heteroatoms. The molecule has 0 heterocycles. The third kappa shape index (κ3) is 9.16. The van der Waals surface area contributed by atoms with Gasteiger partial charge >= 0.3 is 26.2 Å². The quantitative estimate of drug-likeness (QED) is 0.441. The van der Waals surface area contributed by atoms with Gasteiger partial charge in [-0.15, -0.1) is 0 Å². The van der Waals surface area contributed by atoms with Crippen LogP contribution in [0.3, 0.4) is 0 Å². The average molecular weight is 196 g/mol. The van der Waals surface area contributed by atoms with Gasteiger partial charge in [-0.2, -0.15) is 0 Å². The molecule has 0 aliphatic rings. The van der Waals surface area contributed by atoms with Gasteiger partial charge in [-0.05, 0) is 0 Å². The zero-order valence-corrected chi connectivity index (χ0v) is 8.53. The van der Waals surface area contributed by atoms with E-state index in [0.29, 0.717) is 0 Å². The average Bonchev–Trinajstić information content (AvgIpc) is 1.80. The fraction of sp³-hybridized carbons (Fsp3) is 0.500. The molecule has 0 unspecified atom stereocenters. The van der Waals surface area contributed by atoms with Gasteiger partial charge < -0.3 is 15.4 Å². The molecular weight excluding hydrogens is 186 g/mol. The van der Waals surface area contributed by atoms with E-state index >= 15 is 0 Å². The molecular formula is C6H10BLiO6. The first-order valence-electron chi connectivity index (χ1n) is 3.43. The van der Waals surface area contributed by atoms with E-state index < -0.39 is 25.2 Å². The Hall–Kier alpha value is -0.928. The van der Waals surface area contributed by atoms with E-state index in [2.05, 4.69) is 14.0 Å². The molecule has 0 atom stereocenters. The largest absolute Gasteiger partial charge is 1.00 e. The van der Waals surface area contributed by atoms with Crippen molar-refractivity contribution in [2.24, 2.45) is 0 Å². The van der Waals surface area contributed by atoms with E-state index in [-0.39, 0.29) is 20.3 Å². The summed E-state index contributed by atoms with van der Waals surface area (Å²) in [5.41, 5.74) is 0. The molecule has 0 aromatic rings. The first-order chi connectivity index (χ1) is 5.91. The van der Waals surface area contributed by atoms with Gasteiger partial charge in [0, 0.05) is 20.8 Å². The van der Waals surface area contributed by atoms with Gasteiger partial charge in [0.25, 0.3) is 17.9 Å². The maximum Gasteiger partial charge on any atom is 1.00 e. The molecule has 0 spiro atoms. The predicted molar refractivity (Wildman–Crippen MR) is 42.2 cm³/mol. The van der Waals surface area contributed by atoms with Crippen LogP contribution in [0.5, 0.6) is 0 Å². The van der Waals surface area contributed by atoms with Gasteiger partial charge in [0.15, 0.2) is 0 Å². The summed E-state index contributed by atoms with van der Waals surface area (Å²) in [6.07, 6.45) is 0. The van der Waals surface area contributed by atoms with Crippen molar-refractivity contribution in [1.82, 2.24) is 0 Å². The molecule has 0 bridgehead atoms. The zero-order valence-electron chi connectivity index (χ0n) is 9.53. The van der Waals surface area contributed by atoms with Crippen LogP contribution >= 0.6 is 0 Å². The number of carbonyl (C=O) groups is 3.